The van der Waals surface area contributed by atoms with Crippen LogP contribution in [-0.2, 0) is 9.47 Å². The molecule has 11 heteroatoms. The SMILES string of the molecule is O=C(N[C@H]1[C@@H](OC2C[C@H](CO)[C@@H](O)[C@@H](O)[C@H]2O)O[C@H](CO)[C@@H](O)[C@@H]1O)c1ccc2ccccc2c1. The molecule has 1 saturated carbocycles. The van der Waals surface area contributed by atoms with E-state index in [9.17, 15) is 40.5 Å². The molecule has 192 valence electrons. The summed E-state index contributed by atoms with van der Waals surface area (Å²) in [6.07, 6.45) is -11.5. The second-order valence-corrected chi connectivity index (χ2v) is 9.09. The maximum atomic E-state index is 13.0. The zero-order chi connectivity index (χ0) is 25.3. The fraction of sp³-hybridized carbons (Fsp3) is 0.542. The average molecular weight is 494 g/mol. The molecular weight excluding hydrogens is 462 g/mol. The van der Waals surface area contributed by atoms with Crippen molar-refractivity contribution in [1.29, 1.82) is 0 Å². The number of fused-ring (bicyclic) bond motifs is 1. The first-order valence-electron chi connectivity index (χ1n) is 11.5. The average Bonchev–Trinajstić information content (AvgIpc) is 2.87. The van der Waals surface area contributed by atoms with Crippen LogP contribution in [0.5, 0.6) is 0 Å². The van der Waals surface area contributed by atoms with Gasteiger partial charge in [0.1, 0.15) is 36.6 Å². The second-order valence-electron chi connectivity index (χ2n) is 9.09. The molecule has 1 aliphatic carbocycles. The number of amides is 1. The Balaban J connectivity index is 1.56. The minimum absolute atomic E-state index is 0.0520. The molecule has 8 N–H and O–H groups in total. The fourth-order valence-corrected chi connectivity index (χ4v) is 4.69. The van der Waals surface area contributed by atoms with Gasteiger partial charge >= 0.3 is 0 Å². The fourth-order valence-electron chi connectivity index (χ4n) is 4.69. The first kappa shape index (κ1) is 25.9. The lowest BCUT2D eigenvalue weighted by Crippen LogP contribution is -2.66. The van der Waals surface area contributed by atoms with Crippen molar-refractivity contribution in [2.24, 2.45) is 5.92 Å². The van der Waals surface area contributed by atoms with E-state index in [4.69, 9.17) is 9.47 Å². The molecule has 2 fully saturated rings. The van der Waals surface area contributed by atoms with E-state index in [0.717, 1.165) is 10.8 Å². The lowest BCUT2D eigenvalue weighted by atomic mass is 9.81. The lowest BCUT2D eigenvalue weighted by Gasteiger charge is -2.46. The Kier molecular flexibility index (Phi) is 8.01. The van der Waals surface area contributed by atoms with E-state index >= 15 is 0 Å². The predicted octanol–water partition coefficient (Wildman–Crippen LogP) is -2.14. The van der Waals surface area contributed by atoms with Crippen LogP contribution >= 0.6 is 0 Å². The minimum Gasteiger partial charge on any atom is -0.396 e. The summed E-state index contributed by atoms with van der Waals surface area (Å²) in [5, 5.41) is 75.1. The molecule has 1 unspecified atom stereocenters. The summed E-state index contributed by atoms with van der Waals surface area (Å²) in [4.78, 5) is 13.0. The van der Waals surface area contributed by atoms with Crippen molar-refractivity contribution in [3.05, 3.63) is 48.0 Å². The minimum atomic E-state index is -1.61. The Morgan fingerprint density at radius 3 is 2.29 bits per heavy atom. The quantitative estimate of drug-likeness (QED) is 0.220. The van der Waals surface area contributed by atoms with Crippen molar-refractivity contribution < 1.29 is 50.0 Å². The Morgan fingerprint density at radius 2 is 1.60 bits per heavy atom. The van der Waals surface area contributed by atoms with Gasteiger partial charge in [0.2, 0.25) is 0 Å². The van der Waals surface area contributed by atoms with E-state index < -0.39 is 80.1 Å². The highest BCUT2D eigenvalue weighted by Gasteiger charge is 2.49. The molecule has 0 aromatic heterocycles. The lowest BCUT2D eigenvalue weighted by molar-refractivity contribution is -0.301. The van der Waals surface area contributed by atoms with Crippen LogP contribution in [0.25, 0.3) is 10.8 Å². The van der Waals surface area contributed by atoms with Crippen LogP contribution in [0.4, 0.5) is 0 Å². The van der Waals surface area contributed by atoms with E-state index in [1.54, 1.807) is 18.2 Å². The number of carbonyl (C=O) groups is 1. The highest BCUT2D eigenvalue weighted by molar-refractivity contribution is 5.98. The molecule has 2 aliphatic rings. The van der Waals surface area contributed by atoms with E-state index in [1.165, 1.54) is 0 Å². The van der Waals surface area contributed by atoms with Crippen LogP contribution in [0, 0.1) is 5.92 Å². The molecular formula is C24H31NO10. The number of ether oxygens (including phenoxy) is 2. The van der Waals surface area contributed by atoms with Crippen molar-refractivity contribution in [3.63, 3.8) is 0 Å². The van der Waals surface area contributed by atoms with Gasteiger partial charge in [-0.3, -0.25) is 4.79 Å². The highest BCUT2D eigenvalue weighted by atomic mass is 16.7. The number of hydrogen-bond acceptors (Lipinski definition) is 10. The molecule has 10 atom stereocenters. The van der Waals surface area contributed by atoms with Gasteiger partial charge in [0.15, 0.2) is 6.29 Å². The summed E-state index contributed by atoms with van der Waals surface area (Å²) in [6, 6.07) is 11.2. The summed E-state index contributed by atoms with van der Waals surface area (Å²) in [5.41, 5.74) is 0.282. The molecule has 2 aromatic rings. The van der Waals surface area contributed by atoms with Gasteiger partial charge in [0.25, 0.3) is 5.91 Å². The maximum Gasteiger partial charge on any atom is 0.251 e. The highest BCUT2D eigenvalue weighted by Crippen LogP contribution is 2.31. The zero-order valence-electron chi connectivity index (χ0n) is 18.8. The number of hydrogen-bond donors (Lipinski definition) is 8. The van der Waals surface area contributed by atoms with E-state index in [0.29, 0.717) is 0 Å². The van der Waals surface area contributed by atoms with Gasteiger partial charge in [-0.2, -0.15) is 0 Å². The summed E-state index contributed by atoms with van der Waals surface area (Å²) in [7, 11) is 0. The van der Waals surface area contributed by atoms with Gasteiger partial charge < -0.3 is 50.5 Å². The van der Waals surface area contributed by atoms with Crippen molar-refractivity contribution >= 4 is 16.7 Å². The monoisotopic (exact) mass is 493 g/mol. The Hall–Kier alpha value is -2.19. The Labute approximate surface area is 201 Å². The topological polar surface area (TPSA) is 189 Å². The summed E-state index contributed by atoms with van der Waals surface area (Å²) >= 11 is 0. The number of aliphatic hydroxyl groups is 7. The molecule has 11 nitrogen and oxygen atoms in total. The standard InChI is InChI=1S/C24H31NO10/c26-9-14-8-15(19(29)22(32)18(14)28)34-24-17(21(31)20(30)16(10-27)35-24)25-23(33)13-6-5-11-3-1-2-4-12(11)7-13/h1-7,14-22,24,26-32H,8-10H2,(H,25,33)/t14-,15?,16-,17-,18-,19+,20-,21-,22-,24+/m1/s1. The molecule has 4 rings (SSSR count). The van der Waals surface area contributed by atoms with Crippen molar-refractivity contribution in [2.45, 2.75) is 61.5 Å². The van der Waals surface area contributed by atoms with Gasteiger partial charge in [0.05, 0.1) is 18.8 Å². The number of nitrogens with one attached hydrogen (secondary N) is 1. The third kappa shape index (κ3) is 5.19. The van der Waals surface area contributed by atoms with Crippen LogP contribution in [-0.4, -0.2) is 110 Å². The van der Waals surface area contributed by atoms with Crippen LogP contribution in [0.15, 0.2) is 42.5 Å². The van der Waals surface area contributed by atoms with Crippen molar-refractivity contribution in [3.8, 4) is 0 Å². The Morgan fingerprint density at radius 1 is 0.886 bits per heavy atom. The van der Waals surface area contributed by atoms with Crippen LogP contribution in [0.1, 0.15) is 16.8 Å². The third-order valence-electron chi connectivity index (χ3n) is 6.83. The summed E-state index contributed by atoms with van der Waals surface area (Å²) in [6.45, 7) is -1.13. The zero-order valence-corrected chi connectivity index (χ0v) is 18.8. The molecule has 1 saturated heterocycles. The first-order chi connectivity index (χ1) is 16.7. The molecule has 1 aliphatic heterocycles. The van der Waals surface area contributed by atoms with Gasteiger partial charge in [-0.15, -0.1) is 0 Å². The van der Waals surface area contributed by atoms with Crippen molar-refractivity contribution in [1.82, 2.24) is 5.32 Å². The van der Waals surface area contributed by atoms with Gasteiger partial charge in [0, 0.05) is 18.1 Å². The van der Waals surface area contributed by atoms with Gasteiger partial charge in [-0.25, -0.2) is 0 Å². The first-order valence-corrected chi connectivity index (χ1v) is 11.5. The van der Waals surface area contributed by atoms with Gasteiger partial charge in [-0.1, -0.05) is 30.3 Å². The third-order valence-corrected chi connectivity index (χ3v) is 6.83. The largest absolute Gasteiger partial charge is 0.396 e. The van der Waals surface area contributed by atoms with Crippen LogP contribution < -0.4 is 5.32 Å². The number of benzene rings is 2. The van der Waals surface area contributed by atoms with Gasteiger partial charge in [-0.05, 0) is 29.3 Å². The normalized spacial score (nSPS) is 37.8. The molecule has 1 amide bonds. The van der Waals surface area contributed by atoms with E-state index in [2.05, 4.69) is 5.32 Å². The van der Waals surface area contributed by atoms with Crippen molar-refractivity contribution in [2.75, 3.05) is 13.2 Å². The number of carbonyl (C=O) groups excluding carboxylic acids is 1. The number of aliphatic hydroxyl groups excluding tert-OH is 7. The van der Waals surface area contributed by atoms with Crippen LogP contribution in [0.3, 0.4) is 0 Å². The molecule has 0 bridgehead atoms. The molecule has 2 aromatic carbocycles. The smallest absolute Gasteiger partial charge is 0.251 e. The Bertz CT molecular complexity index is 1020. The summed E-state index contributed by atoms with van der Waals surface area (Å²) in [5.74, 6) is -1.38. The molecule has 0 spiro atoms. The van der Waals surface area contributed by atoms with E-state index in [1.807, 2.05) is 24.3 Å². The van der Waals surface area contributed by atoms with Crippen LogP contribution in [0.2, 0.25) is 0 Å². The number of rotatable bonds is 6. The molecule has 0 radical (unpaired) electrons. The maximum absolute atomic E-state index is 13.0. The molecule has 35 heavy (non-hydrogen) atoms. The molecule has 1 heterocycles. The second kappa shape index (κ2) is 10.8. The summed E-state index contributed by atoms with van der Waals surface area (Å²) < 4.78 is 11.4. The predicted molar refractivity (Wildman–Crippen MR) is 121 cm³/mol. The van der Waals surface area contributed by atoms with E-state index in [-0.39, 0.29) is 12.0 Å².